The molecule has 0 aromatic heterocycles. The van der Waals surface area contributed by atoms with Crippen LogP contribution in [0.4, 0.5) is 0 Å². The molecule has 0 unspecified atom stereocenters. The van der Waals surface area contributed by atoms with Crippen molar-refractivity contribution in [1.29, 1.82) is 0 Å². The average Bonchev–Trinajstić information content (AvgIpc) is 2.94. The molecule has 12 heteroatoms. The van der Waals surface area contributed by atoms with Gasteiger partial charge in [-0.05, 0) is 25.7 Å². The van der Waals surface area contributed by atoms with Crippen molar-refractivity contribution < 1.29 is 28.4 Å². The van der Waals surface area contributed by atoms with Crippen LogP contribution in [0.5, 0.6) is 0 Å². The molecule has 0 saturated carbocycles. The lowest BCUT2D eigenvalue weighted by Gasteiger charge is -2.31. The molecule has 0 aromatic carbocycles. The van der Waals surface area contributed by atoms with E-state index >= 15 is 0 Å². The lowest BCUT2D eigenvalue weighted by atomic mass is 9.78. The number of hydrogen-bond donors (Lipinski definition) is 5. The maximum Gasteiger partial charge on any atom is 0.451 e. The van der Waals surface area contributed by atoms with Crippen LogP contribution in [-0.2, 0) is 15.0 Å². The third-order valence-electron chi connectivity index (χ3n) is 5.58. The van der Waals surface area contributed by atoms with E-state index in [2.05, 4.69) is 5.32 Å². The molecule has 0 amide bonds. The molecule has 10 nitrogen and oxygen atoms in total. The number of rotatable bonds is 12. The van der Waals surface area contributed by atoms with Crippen LogP contribution in [0.1, 0.15) is 33.6 Å². The molecule has 164 valence electrons. The summed E-state index contributed by atoms with van der Waals surface area (Å²) < 4.78 is 28.8. The smallest absolute Gasteiger partial charge is 0.451 e. The number of nitrogens with one attached hydrogen (secondary N) is 1. The number of carboxylic acids is 1. The van der Waals surface area contributed by atoms with Gasteiger partial charge < -0.3 is 26.2 Å². The van der Waals surface area contributed by atoms with Crippen LogP contribution in [0, 0.1) is 11.8 Å². The Hall–Kier alpha value is -0.755. The Morgan fingerprint density at radius 3 is 2.46 bits per heavy atom. The summed E-state index contributed by atoms with van der Waals surface area (Å²) in [5.74, 6) is -1.64. The number of hydrogen-bond acceptors (Lipinski definition) is 7. The SMILES string of the molecule is CCN(C[C@@H](NC)C(C)C)S(=O)(=O)N1C[C@H](CCCB(O)O)[C@](N)(C(=O)O)C1. The van der Waals surface area contributed by atoms with Gasteiger partial charge in [0.05, 0.1) is 0 Å². The molecule has 0 aliphatic carbocycles. The molecule has 1 aliphatic rings. The Kier molecular flexibility index (Phi) is 9.32. The van der Waals surface area contributed by atoms with Gasteiger partial charge in [0.25, 0.3) is 10.2 Å². The van der Waals surface area contributed by atoms with Gasteiger partial charge in [0.1, 0.15) is 5.54 Å². The Bertz CT molecular complexity index is 620. The van der Waals surface area contributed by atoms with Crippen LogP contribution in [0.15, 0.2) is 0 Å². The first kappa shape index (κ1) is 25.3. The van der Waals surface area contributed by atoms with Crippen LogP contribution in [0.25, 0.3) is 0 Å². The summed E-state index contributed by atoms with van der Waals surface area (Å²) in [6.07, 6.45) is 0.719. The van der Waals surface area contributed by atoms with Gasteiger partial charge in [-0.25, -0.2) is 0 Å². The molecule has 1 heterocycles. The highest BCUT2D eigenvalue weighted by Gasteiger charge is 2.53. The fourth-order valence-electron chi connectivity index (χ4n) is 3.61. The zero-order chi connectivity index (χ0) is 21.7. The fourth-order valence-corrected chi connectivity index (χ4v) is 5.36. The zero-order valence-electron chi connectivity index (χ0n) is 17.2. The minimum absolute atomic E-state index is 0.00490. The van der Waals surface area contributed by atoms with Crippen LogP contribution >= 0.6 is 0 Å². The lowest BCUT2D eigenvalue weighted by Crippen LogP contribution is -2.56. The van der Waals surface area contributed by atoms with E-state index in [1.807, 2.05) is 13.8 Å². The number of nitrogens with two attached hydrogens (primary N) is 1. The van der Waals surface area contributed by atoms with Crippen molar-refractivity contribution in [2.45, 2.75) is 51.5 Å². The normalized spacial score (nSPS) is 24.8. The second-order valence-electron chi connectivity index (χ2n) is 7.84. The lowest BCUT2D eigenvalue weighted by molar-refractivity contribution is -0.144. The van der Waals surface area contributed by atoms with E-state index < -0.39 is 34.8 Å². The first-order valence-electron chi connectivity index (χ1n) is 9.71. The molecule has 6 N–H and O–H groups in total. The molecule has 1 saturated heterocycles. The van der Waals surface area contributed by atoms with E-state index in [1.165, 1.54) is 4.31 Å². The molecule has 3 atom stereocenters. The second kappa shape index (κ2) is 10.3. The van der Waals surface area contributed by atoms with Gasteiger partial charge >= 0.3 is 13.1 Å². The molecular formula is C16H35BN4O6S. The maximum atomic E-state index is 13.2. The highest BCUT2D eigenvalue weighted by atomic mass is 32.2. The topological polar surface area (TPSA) is 156 Å². The number of aliphatic carboxylic acids is 1. The highest BCUT2D eigenvalue weighted by molar-refractivity contribution is 7.86. The summed E-state index contributed by atoms with van der Waals surface area (Å²) >= 11 is 0. The average molecular weight is 422 g/mol. The third-order valence-corrected chi connectivity index (χ3v) is 7.58. The van der Waals surface area contributed by atoms with E-state index in [-0.39, 0.29) is 44.5 Å². The molecule has 28 heavy (non-hydrogen) atoms. The van der Waals surface area contributed by atoms with Crippen molar-refractivity contribution in [2.75, 3.05) is 33.2 Å². The molecular weight excluding hydrogens is 387 g/mol. The van der Waals surface area contributed by atoms with Gasteiger partial charge in [-0.15, -0.1) is 0 Å². The molecule has 0 bridgehead atoms. The number of carbonyl (C=O) groups is 1. The van der Waals surface area contributed by atoms with Crippen LogP contribution in [-0.4, -0.2) is 90.1 Å². The second-order valence-corrected chi connectivity index (χ2v) is 9.77. The highest BCUT2D eigenvalue weighted by Crippen LogP contribution is 2.33. The first-order valence-corrected chi connectivity index (χ1v) is 11.1. The number of likely N-dealkylation sites (N-methyl/N-ethyl adjacent to an activating group) is 2. The fraction of sp³-hybridized carbons (Fsp3) is 0.938. The Morgan fingerprint density at radius 1 is 1.43 bits per heavy atom. The summed E-state index contributed by atoms with van der Waals surface area (Å²) in [7, 11) is -3.59. The molecule has 0 radical (unpaired) electrons. The largest absolute Gasteiger partial charge is 0.480 e. The molecule has 1 fully saturated rings. The van der Waals surface area contributed by atoms with Gasteiger partial charge in [-0.3, -0.25) is 4.79 Å². The quantitative estimate of drug-likeness (QED) is 0.245. The monoisotopic (exact) mass is 422 g/mol. The molecule has 1 rings (SSSR count). The third kappa shape index (κ3) is 5.88. The van der Waals surface area contributed by atoms with Crippen molar-refractivity contribution >= 4 is 23.3 Å². The summed E-state index contributed by atoms with van der Waals surface area (Å²) in [5, 5.41) is 30.7. The van der Waals surface area contributed by atoms with Crippen LogP contribution in [0.2, 0.25) is 6.32 Å². The first-order chi connectivity index (χ1) is 12.9. The summed E-state index contributed by atoms with van der Waals surface area (Å²) in [5.41, 5.74) is 4.40. The zero-order valence-corrected chi connectivity index (χ0v) is 18.0. The van der Waals surface area contributed by atoms with Gasteiger partial charge in [0.2, 0.25) is 0 Å². The molecule has 0 aromatic rings. The Balaban J connectivity index is 3.01. The van der Waals surface area contributed by atoms with Gasteiger partial charge in [0.15, 0.2) is 0 Å². The summed E-state index contributed by atoms with van der Waals surface area (Å²) in [6, 6.07) is -0.0405. The van der Waals surface area contributed by atoms with E-state index in [9.17, 15) is 18.3 Å². The standard InChI is InChI=1S/C16H35BN4O6S/c1-5-20(10-14(19-4)12(2)3)28(26,27)21-9-13(7-6-8-17(24)25)16(18,11-21)15(22)23/h12-14,19,24-25H,5-11,18H2,1-4H3,(H,22,23)/t13-,14+,16-/m0/s1. The van der Waals surface area contributed by atoms with Crippen molar-refractivity contribution in [3.63, 3.8) is 0 Å². The van der Waals surface area contributed by atoms with Gasteiger partial charge in [0, 0.05) is 38.1 Å². The van der Waals surface area contributed by atoms with Gasteiger partial charge in [-0.1, -0.05) is 27.2 Å². The number of nitrogens with zero attached hydrogens (tertiary/aromatic N) is 2. The van der Waals surface area contributed by atoms with Gasteiger partial charge in [-0.2, -0.15) is 17.0 Å². The predicted octanol–water partition coefficient (Wildman–Crippen LogP) is -1.24. The Labute approximate surface area is 168 Å². The van der Waals surface area contributed by atoms with E-state index in [0.717, 1.165) is 4.31 Å². The van der Waals surface area contributed by atoms with E-state index in [1.54, 1.807) is 14.0 Å². The minimum atomic E-state index is -3.88. The summed E-state index contributed by atoms with van der Waals surface area (Å²) in [4.78, 5) is 11.8. The van der Waals surface area contributed by atoms with Crippen molar-refractivity contribution in [2.24, 2.45) is 17.6 Å². The van der Waals surface area contributed by atoms with E-state index in [4.69, 9.17) is 15.8 Å². The van der Waals surface area contributed by atoms with Crippen molar-refractivity contribution in [1.82, 2.24) is 13.9 Å². The molecule has 0 spiro atoms. The minimum Gasteiger partial charge on any atom is -0.480 e. The number of carboxylic acid groups (broad SMARTS) is 1. The van der Waals surface area contributed by atoms with E-state index in [0.29, 0.717) is 12.8 Å². The Morgan fingerprint density at radius 2 is 2.04 bits per heavy atom. The van der Waals surface area contributed by atoms with Crippen LogP contribution < -0.4 is 11.1 Å². The molecule has 1 aliphatic heterocycles. The van der Waals surface area contributed by atoms with Crippen LogP contribution in [0.3, 0.4) is 0 Å². The van der Waals surface area contributed by atoms with Crippen molar-refractivity contribution in [3.05, 3.63) is 0 Å². The summed E-state index contributed by atoms with van der Waals surface area (Å²) in [6.45, 7) is 5.96. The maximum absolute atomic E-state index is 13.2. The predicted molar refractivity (Wildman–Crippen MR) is 108 cm³/mol. The van der Waals surface area contributed by atoms with Crippen molar-refractivity contribution in [3.8, 4) is 0 Å².